The molecule has 0 aliphatic carbocycles. The highest BCUT2D eigenvalue weighted by molar-refractivity contribution is 5.78. The summed E-state index contributed by atoms with van der Waals surface area (Å²) in [4.78, 5) is 42.1. The van der Waals surface area contributed by atoms with Gasteiger partial charge in [0.2, 0.25) is 5.91 Å². The van der Waals surface area contributed by atoms with E-state index in [0.717, 1.165) is 4.57 Å². The lowest BCUT2D eigenvalue weighted by Gasteiger charge is -2.22. The molecule has 2 aromatic rings. The van der Waals surface area contributed by atoms with Gasteiger partial charge in [0.05, 0.1) is 12.9 Å². The van der Waals surface area contributed by atoms with Crippen molar-refractivity contribution in [3.8, 4) is 0 Å². The average Bonchev–Trinajstić information content (AvgIpc) is 2.99. The SMILES string of the molecule is COC(CN(C)C(=O)Cn1cnc2c1c(=O)n(C)c(=O)n2C)OC. The molecule has 0 aliphatic rings. The second-order valence-corrected chi connectivity index (χ2v) is 5.43. The average molecular weight is 339 g/mol. The van der Waals surface area contributed by atoms with Gasteiger partial charge in [-0.3, -0.25) is 18.7 Å². The van der Waals surface area contributed by atoms with Gasteiger partial charge in [-0.25, -0.2) is 9.78 Å². The molecule has 24 heavy (non-hydrogen) atoms. The van der Waals surface area contributed by atoms with Crippen LogP contribution in [0.3, 0.4) is 0 Å². The smallest absolute Gasteiger partial charge is 0.332 e. The second-order valence-electron chi connectivity index (χ2n) is 5.43. The van der Waals surface area contributed by atoms with Crippen molar-refractivity contribution in [3.05, 3.63) is 27.2 Å². The van der Waals surface area contributed by atoms with Crippen LogP contribution < -0.4 is 11.2 Å². The number of carbonyl (C=O) groups excluding carboxylic acids is 1. The number of rotatable bonds is 6. The van der Waals surface area contributed by atoms with Crippen molar-refractivity contribution in [3.63, 3.8) is 0 Å². The van der Waals surface area contributed by atoms with Gasteiger partial charge in [0.15, 0.2) is 17.5 Å². The Kier molecular flexibility index (Phi) is 5.20. The minimum atomic E-state index is -0.535. The van der Waals surface area contributed by atoms with Gasteiger partial charge >= 0.3 is 5.69 Å². The maximum atomic E-state index is 12.4. The van der Waals surface area contributed by atoms with Crippen LogP contribution in [0.15, 0.2) is 15.9 Å². The third-order valence-corrected chi connectivity index (χ3v) is 3.90. The van der Waals surface area contributed by atoms with Crippen LogP contribution in [-0.2, 0) is 34.9 Å². The zero-order chi connectivity index (χ0) is 18.0. The van der Waals surface area contributed by atoms with Gasteiger partial charge in [-0.15, -0.1) is 0 Å². The van der Waals surface area contributed by atoms with E-state index in [9.17, 15) is 14.4 Å². The van der Waals surface area contributed by atoms with Crippen molar-refractivity contribution >= 4 is 17.1 Å². The molecule has 0 radical (unpaired) electrons. The number of imidazole rings is 1. The first-order chi connectivity index (χ1) is 11.3. The first kappa shape index (κ1) is 17.9. The Morgan fingerprint density at radius 1 is 1.25 bits per heavy atom. The first-order valence-electron chi connectivity index (χ1n) is 7.22. The highest BCUT2D eigenvalue weighted by Crippen LogP contribution is 2.06. The van der Waals surface area contributed by atoms with Gasteiger partial charge in [-0.1, -0.05) is 0 Å². The van der Waals surface area contributed by atoms with Crippen LogP contribution in [0.25, 0.3) is 11.2 Å². The lowest BCUT2D eigenvalue weighted by atomic mass is 10.4. The number of methoxy groups -OCH3 is 2. The lowest BCUT2D eigenvalue weighted by molar-refractivity contribution is -0.143. The molecular weight excluding hydrogens is 318 g/mol. The molecule has 2 rings (SSSR count). The van der Waals surface area contributed by atoms with Crippen LogP contribution in [0.5, 0.6) is 0 Å². The molecule has 2 heterocycles. The predicted octanol–water partition coefficient (Wildman–Crippen LogP) is -1.49. The Morgan fingerprint density at radius 3 is 2.46 bits per heavy atom. The molecule has 0 saturated carbocycles. The summed E-state index contributed by atoms with van der Waals surface area (Å²) >= 11 is 0. The molecule has 0 aliphatic heterocycles. The number of carbonyl (C=O) groups is 1. The molecule has 2 aromatic heterocycles. The Balaban J connectivity index is 2.33. The van der Waals surface area contributed by atoms with E-state index in [0.29, 0.717) is 0 Å². The number of aryl methyl sites for hydroxylation is 1. The van der Waals surface area contributed by atoms with Crippen molar-refractivity contribution < 1.29 is 14.3 Å². The summed E-state index contributed by atoms with van der Waals surface area (Å²) in [5.41, 5.74) is -0.515. The number of fused-ring (bicyclic) bond motifs is 1. The zero-order valence-electron chi connectivity index (χ0n) is 14.3. The molecule has 0 fully saturated rings. The standard InChI is InChI=1S/C14H21N5O5/c1-16(7-10(23-4)24-5)9(20)6-19-8-15-12-11(19)13(21)18(3)14(22)17(12)2/h8,10H,6-7H2,1-5H3. The van der Waals surface area contributed by atoms with E-state index in [4.69, 9.17) is 9.47 Å². The van der Waals surface area contributed by atoms with Gasteiger partial charge in [0.25, 0.3) is 5.56 Å². The fourth-order valence-electron chi connectivity index (χ4n) is 2.35. The molecule has 10 heteroatoms. The summed E-state index contributed by atoms with van der Waals surface area (Å²) in [6.07, 6.45) is 0.841. The number of aromatic nitrogens is 4. The van der Waals surface area contributed by atoms with Crippen molar-refractivity contribution in [1.29, 1.82) is 0 Å². The third-order valence-electron chi connectivity index (χ3n) is 3.90. The van der Waals surface area contributed by atoms with Crippen LogP contribution in [0.4, 0.5) is 0 Å². The number of hydrogen-bond acceptors (Lipinski definition) is 6. The summed E-state index contributed by atoms with van der Waals surface area (Å²) < 4.78 is 13.8. The number of nitrogens with zero attached hydrogens (tertiary/aromatic N) is 5. The van der Waals surface area contributed by atoms with E-state index < -0.39 is 17.5 Å². The van der Waals surface area contributed by atoms with Crippen LogP contribution in [0.2, 0.25) is 0 Å². The van der Waals surface area contributed by atoms with E-state index in [-0.39, 0.29) is 30.2 Å². The Morgan fingerprint density at radius 2 is 1.88 bits per heavy atom. The van der Waals surface area contributed by atoms with E-state index in [1.165, 1.54) is 48.7 Å². The maximum Gasteiger partial charge on any atom is 0.332 e. The number of likely N-dealkylation sites (N-methyl/N-ethyl adjacent to an activating group) is 1. The molecule has 0 atom stereocenters. The quantitative estimate of drug-likeness (QED) is 0.595. The molecule has 1 amide bonds. The number of amides is 1. The molecule has 0 aromatic carbocycles. The van der Waals surface area contributed by atoms with Crippen molar-refractivity contribution in [2.45, 2.75) is 12.8 Å². The molecule has 10 nitrogen and oxygen atoms in total. The zero-order valence-corrected chi connectivity index (χ0v) is 14.3. The van der Waals surface area contributed by atoms with Gasteiger partial charge in [-0.05, 0) is 0 Å². The first-order valence-corrected chi connectivity index (χ1v) is 7.22. The van der Waals surface area contributed by atoms with Crippen LogP contribution in [-0.4, -0.2) is 63.6 Å². The number of ether oxygens (including phenoxy) is 2. The molecule has 132 valence electrons. The highest BCUT2D eigenvalue weighted by atomic mass is 16.7. The largest absolute Gasteiger partial charge is 0.354 e. The van der Waals surface area contributed by atoms with Gasteiger partial charge in [0, 0.05) is 35.4 Å². The minimum Gasteiger partial charge on any atom is -0.354 e. The topological polar surface area (TPSA) is 101 Å². The summed E-state index contributed by atoms with van der Waals surface area (Å²) in [6, 6.07) is 0. The molecule has 0 spiro atoms. The third kappa shape index (κ3) is 3.10. The second kappa shape index (κ2) is 6.97. The molecule has 0 saturated heterocycles. The fourth-order valence-corrected chi connectivity index (χ4v) is 2.35. The Bertz CT molecular complexity index is 861. The monoisotopic (exact) mass is 339 g/mol. The molecule has 0 N–H and O–H groups in total. The van der Waals surface area contributed by atoms with E-state index >= 15 is 0 Å². The Labute approximate surface area is 137 Å². The summed E-state index contributed by atoms with van der Waals surface area (Å²) in [5.74, 6) is -0.246. The van der Waals surface area contributed by atoms with E-state index in [2.05, 4.69) is 4.98 Å². The summed E-state index contributed by atoms with van der Waals surface area (Å²) in [7, 11) is 7.49. The minimum absolute atomic E-state index is 0.0827. The maximum absolute atomic E-state index is 12.4. The van der Waals surface area contributed by atoms with Crippen LogP contribution >= 0.6 is 0 Å². The molecule has 0 bridgehead atoms. The van der Waals surface area contributed by atoms with Crippen LogP contribution in [0, 0.1) is 0 Å². The lowest BCUT2D eigenvalue weighted by Crippen LogP contribution is -2.39. The van der Waals surface area contributed by atoms with Crippen molar-refractivity contribution in [1.82, 2.24) is 23.6 Å². The van der Waals surface area contributed by atoms with E-state index in [1.54, 1.807) is 7.05 Å². The van der Waals surface area contributed by atoms with Crippen molar-refractivity contribution in [2.24, 2.45) is 14.1 Å². The molecular formula is C14H21N5O5. The molecule has 0 unspecified atom stereocenters. The summed E-state index contributed by atoms with van der Waals surface area (Å²) in [5, 5.41) is 0. The van der Waals surface area contributed by atoms with Gasteiger partial charge in [-0.2, -0.15) is 0 Å². The van der Waals surface area contributed by atoms with Gasteiger partial charge in [0.1, 0.15) is 6.54 Å². The highest BCUT2D eigenvalue weighted by Gasteiger charge is 2.19. The predicted molar refractivity (Wildman–Crippen MR) is 85.7 cm³/mol. The normalized spacial score (nSPS) is 11.4. The van der Waals surface area contributed by atoms with Crippen molar-refractivity contribution in [2.75, 3.05) is 27.8 Å². The van der Waals surface area contributed by atoms with Gasteiger partial charge < -0.3 is 18.9 Å². The summed E-state index contributed by atoms with van der Waals surface area (Å²) in [6.45, 7) is 0.162. The number of hydrogen-bond donors (Lipinski definition) is 0. The van der Waals surface area contributed by atoms with E-state index in [1.807, 2.05) is 0 Å². The Hall–Kier alpha value is -2.46. The fraction of sp³-hybridized carbons (Fsp3) is 0.571. The van der Waals surface area contributed by atoms with Crippen LogP contribution in [0.1, 0.15) is 0 Å².